The number of hydrogen-bond donors (Lipinski definition) is 1. The van der Waals surface area contributed by atoms with Crippen molar-refractivity contribution in [1.82, 2.24) is 4.98 Å². The highest BCUT2D eigenvalue weighted by molar-refractivity contribution is 5.48. The number of fused-ring (bicyclic) bond motifs is 1. The second kappa shape index (κ2) is 4.74. The van der Waals surface area contributed by atoms with E-state index in [1.165, 1.54) is 0 Å². The Bertz CT molecular complexity index is 597. The summed E-state index contributed by atoms with van der Waals surface area (Å²) < 4.78 is 83.9. The average molecular weight is 327 g/mol. The molecule has 0 aromatic carbocycles. The monoisotopic (exact) mass is 327 g/mol. The van der Waals surface area contributed by atoms with E-state index in [0.717, 1.165) is 0 Å². The third-order valence-corrected chi connectivity index (χ3v) is 3.89. The molecule has 2 aliphatic carbocycles. The third kappa shape index (κ3) is 2.41. The maximum absolute atomic E-state index is 13.6. The molecule has 0 bridgehead atoms. The first-order valence-corrected chi connectivity index (χ1v) is 6.55. The van der Waals surface area contributed by atoms with E-state index >= 15 is 0 Å². The zero-order chi connectivity index (χ0) is 16.3. The quantitative estimate of drug-likeness (QED) is 0.848. The summed E-state index contributed by atoms with van der Waals surface area (Å²) in [4.78, 5) is 3.45. The Morgan fingerprint density at radius 3 is 2.45 bits per heavy atom. The first-order valence-electron chi connectivity index (χ1n) is 6.55. The summed E-state index contributed by atoms with van der Waals surface area (Å²) in [6.45, 7) is 0. The summed E-state index contributed by atoms with van der Waals surface area (Å²) in [5, 5.41) is 9.53. The van der Waals surface area contributed by atoms with Crippen molar-refractivity contribution in [2.75, 3.05) is 0 Å². The summed E-state index contributed by atoms with van der Waals surface area (Å²) in [5.74, 6) is -4.12. The summed E-state index contributed by atoms with van der Waals surface area (Å²) in [5.41, 5.74) is -2.77. The van der Waals surface area contributed by atoms with Crippen LogP contribution in [0.4, 0.5) is 26.3 Å². The van der Waals surface area contributed by atoms with Gasteiger partial charge in [0, 0.05) is 36.6 Å². The number of pyridine rings is 1. The number of aliphatic hydroxyl groups excluding tert-OH is 1. The SMILES string of the molecule is OC1c2c(C(F)(F)F)cnc(OC3CC(F)C3)c2CC1(F)F. The van der Waals surface area contributed by atoms with E-state index in [1.54, 1.807) is 0 Å². The van der Waals surface area contributed by atoms with Gasteiger partial charge in [-0.05, 0) is 0 Å². The zero-order valence-electron chi connectivity index (χ0n) is 11.0. The molecule has 0 aliphatic heterocycles. The van der Waals surface area contributed by atoms with Crippen LogP contribution in [0.1, 0.15) is 35.6 Å². The second-order valence-corrected chi connectivity index (χ2v) is 5.52. The molecule has 0 saturated heterocycles. The molecular weight excluding hydrogens is 316 g/mol. The van der Waals surface area contributed by atoms with Crippen LogP contribution in [0.2, 0.25) is 0 Å². The van der Waals surface area contributed by atoms with E-state index in [9.17, 15) is 31.4 Å². The Morgan fingerprint density at radius 1 is 1.27 bits per heavy atom. The predicted molar refractivity (Wildman–Crippen MR) is 61.4 cm³/mol. The Hall–Kier alpha value is -1.51. The average Bonchev–Trinajstić information content (AvgIpc) is 2.58. The Morgan fingerprint density at radius 2 is 1.91 bits per heavy atom. The Labute approximate surface area is 120 Å². The molecule has 122 valence electrons. The highest BCUT2D eigenvalue weighted by atomic mass is 19.4. The highest BCUT2D eigenvalue weighted by Gasteiger charge is 2.53. The van der Waals surface area contributed by atoms with Crippen molar-refractivity contribution < 1.29 is 36.2 Å². The maximum Gasteiger partial charge on any atom is 0.418 e. The van der Waals surface area contributed by atoms with E-state index in [-0.39, 0.29) is 12.8 Å². The molecule has 9 heteroatoms. The number of halogens is 6. The van der Waals surface area contributed by atoms with Gasteiger partial charge in [-0.2, -0.15) is 13.2 Å². The second-order valence-electron chi connectivity index (χ2n) is 5.52. The van der Waals surface area contributed by atoms with E-state index in [2.05, 4.69) is 4.98 Å². The molecule has 1 heterocycles. The number of alkyl halides is 6. The molecule has 1 unspecified atom stereocenters. The molecule has 1 aromatic heterocycles. The number of aliphatic hydroxyl groups is 1. The van der Waals surface area contributed by atoms with Crippen LogP contribution in [0.15, 0.2) is 6.20 Å². The summed E-state index contributed by atoms with van der Waals surface area (Å²) in [6, 6.07) is 0. The molecule has 0 radical (unpaired) electrons. The van der Waals surface area contributed by atoms with Crippen molar-refractivity contribution in [2.24, 2.45) is 0 Å². The minimum atomic E-state index is -4.92. The Balaban J connectivity index is 2.02. The number of hydrogen-bond acceptors (Lipinski definition) is 3. The molecule has 1 saturated carbocycles. The van der Waals surface area contributed by atoms with E-state index in [0.29, 0.717) is 6.20 Å². The fraction of sp³-hybridized carbons (Fsp3) is 0.615. The van der Waals surface area contributed by atoms with E-state index in [4.69, 9.17) is 4.74 Å². The fourth-order valence-electron chi connectivity index (χ4n) is 2.66. The van der Waals surface area contributed by atoms with Gasteiger partial charge < -0.3 is 9.84 Å². The van der Waals surface area contributed by atoms with Crippen molar-refractivity contribution in [1.29, 1.82) is 0 Å². The van der Waals surface area contributed by atoms with Crippen LogP contribution in [0.5, 0.6) is 5.88 Å². The minimum absolute atomic E-state index is 0.0381. The largest absolute Gasteiger partial charge is 0.474 e. The number of aromatic nitrogens is 1. The van der Waals surface area contributed by atoms with Crippen LogP contribution in [-0.2, 0) is 12.6 Å². The standard InChI is InChI=1S/C13H11F6NO2/c14-5-1-6(2-5)22-11-7-3-12(15,16)10(21)9(7)8(4-20-11)13(17,18)19/h4-6,10,21H,1-3H2. The zero-order valence-corrected chi connectivity index (χ0v) is 11.0. The first-order chi connectivity index (χ1) is 10.1. The summed E-state index contributed by atoms with van der Waals surface area (Å²) >= 11 is 0. The Kier molecular flexibility index (Phi) is 3.32. The van der Waals surface area contributed by atoms with Gasteiger partial charge in [-0.25, -0.2) is 18.2 Å². The topological polar surface area (TPSA) is 42.4 Å². The molecule has 3 rings (SSSR count). The highest BCUT2D eigenvalue weighted by Crippen LogP contribution is 2.50. The van der Waals surface area contributed by atoms with Crippen LogP contribution in [0.25, 0.3) is 0 Å². The fourth-order valence-corrected chi connectivity index (χ4v) is 2.66. The van der Waals surface area contributed by atoms with Crippen LogP contribution in [0, 0.1) is 0 Å². The van der Waals surface area contributed by atoms with Crippen molar-refractivity contribution in [3.63, 3.8) is 0 Å². The van der Waals surface area contributed by atoms with Gasteiger partial charge in [-0.1, -0.05) is 0 Å². The summed E-state index contributed by atoms with van der Waals surface area (Å²) in [6.07, 6.45) is -9.81. The molecule has 2 aliphatic rings. The van der Waals surface area contributed by atoms with Crippen molar-refractivity contribution in [3.8, 4) is 5.88 Å². The molecule has 0 spiro atoms. The lowest BCUT2D eigenvalue weighted by Crippen LogP contribution is -2.35. The number of rotatable bonds is 2. The van der Waals surface area contributed by atoms with Gasteiger partial charge in [0.05, 0.1) is 5.56 Å². The van der Waals surface area contributed by atoms with Crippen LogP contribution in [0.3, 0.4) is 0 Å². The van der Waals surface area contributed by atoms with Gasteiger partial charge in [0.25, 0.3) is 5.92 Å². The lowest BCUT2D eigenvalue weighted by molar-refractivity contribution is -0.142. The van der Waals surface area contributed by atoms with Crippen LogP contribution in [-0.4, -0.2) is 28.3 Å². The smallest absolute Gasteiger partial charge is 0.418 e. The van der Waals surface area contributed by atoms with Gasteiger partial charge in [0.15, 0.2) is 0 Å². The maximum atomic E-state index is 13.6. The van der Waals surface area contributed by atoms with Gasteiger partial charge in [0.2, 0.25) is 5.88 Å². The van der Waals surface area contributed by atoms with Gasteiger partial charge in [0.1, 0.15) is 18.4 Å². The van der Waals surface area contributed by atoms with Gasteiger partial charge in [-0.3, -0.25) is 0 Å². The van der Waals surface area contributed by atoms with Gasteiger partial charge in [-0.15, -0.1) is 0 Å². The van der Waals surface area contributed by atoms with Crippen LogP contribution >= 0.6 is 0 Å². The molecule has 0 amide bonds. The van der Waals surface area contributed by atoms with Gasteiger partial charge >= 0.3 is 6.18 Å². The third-order valence-electron chi connectivity index (χ3n) is 3.89. The van der Waals surface area contributed by atoms with Crippen molar-refractivity contribution >= 4 is 0 Å². The predicted octanol–water partition coefficient (Wildman–Crippen LogP) is 3.20. The van der Waals surface area contributed by atoms with E-state index in [1.807, 2.05) is 0 Å². The molecule has 1 N–H and O–H groups in total. The number of nitrogens with zero attached hydrogens (tertiary/aromatic N) is 1. The molecule has 1 aromatic rings. The van der Waals surface area contributed by atoms with E-state index < -0.39 is 59.5 Å². The van der Waals surface area contributed by atoms with Crippen molar-refractivity contribution in [2.45, 2.75) is 49.7 Å². The molecule has 1 fully saturated rings. The molecule has 22 heavy (non-hydrogen) atoms. The molecule has 3 nitrogen and oxygen atoms in total. The minimum Gasteiger partial charge on any atom is -0.474 e. The first kappa shape index (κ1) is 15.4. The van der Waals surface area contributed by atoms with Crippen molar-refractivity contribution in [3.05, 3.63) is 22.9 Å². The lowest BCUT2D eigenvalue weighted by Gasteiger charge is -2.30. The van der Waals surface area contributed by atoms with Crippen LogP contribution < -0.4 is 4.74 Å². The normalized spacial score (nSPS) is 29.9. The molecular formula is C13H11F6NO2. The summed E-state index contributed by atoms with van der Waals surface area (Å²) in [7, 11) is 0. The molecule has 1 atom stereocenters. The lowest BCUT2D eigenvalue weighted by atomic mass is 9.93. The number of ether oxygens (including phenoxy) is 1.